The van der Waals surface area contributed by atoms with Crippen molar-refractivity contribution in [2.75, 3.05) is 14.2 Å². The largest absolute Gasteiger partial charge is 0.497 e. The summed E-state index contributed by atoms with van der Waals surface area (Å²) >= 11 is 4.54. The minimum absolute atomic E-state index is 0.259. The maximum Gasteiger partial charge on any atom is 0.279 e. The number of halogens is 1. The Bertz CT molecular complexity index is 702. The average Bonchev–Trinajstić information content (AvgIpc) is 2.98. The maximum absolute atomic E-state index is 12.2. The van der Waals surface area contributed by atoms with E-state index in [1.54, 1.807) is 24.3 Å². The van der Waals surface area contributed by atoms with E-state index in [1.165, 1.54) is 31.6 Å². The molecule has 0 spiro atoms. The smallest absolute Gasteiger partial charge is 0.279 e. The maximum atomic E-state index is 12.2. The normalized spacial score (nSPS) is 9.95. The van der Waals surface area contributed by atoms with Gasteiger partial charge >= 0.3 is 0 Å². The molecule has 8 heteroatoms. The molecule has 0 saturated carbocycles. The molecule has 1 aromatic heterocycles. The van der Waals surface area contributed by atoms with Crippen molar-refractivity contribution in [3.05, 3.63) is 44.6 Å². The molecule has 0 radical (unpaired) electrons. The predicted molar refractivity (Wildman–Crippen MR) is 86.5 cm³/mol. The van der Waals surface area contributed by atoms with Gasteiger partial charge in [0.1, 0.15) is 11.5 Å². The highest BCUT2D eigenvalue weighted by atomic mass is 79.9. The SMILES string of the molecule is COc1ccc(OC)c(C(=O)NNC(=O)c2ccc(Br)s2)c1. The third-order valence-electron chi connectivity index (χ3n) is 2.74. The number of carbonyl (C=O) groups is 2. The molecule has 2 aromatic rings. The number of thiophene rings is 1. The van der Waals surface area contributed by atoms with Crippen LogP contribution in [0.25, 0.3) is 0 Å². The highest BCUT2D eigenvalue weighted by molar-refractivity contribution is 9.11. The number of hydrazine groups is 1. The molecule has 0 unspecified atom stereocenters. The summed E-state index contributed by atoms with van der Waals surface area (Å²) in [4.78, 5) is 24.5. The molecular formula is C14H13BrN2O4S. The van der Waals surface area contributed by atoms with E-state index in [9.17, 15) is 9.59 Å². The second-order valence-corrected chi connectivity index (χ2v) is 6.54. The third-order valence-corrected chi connectivity index (χ3v) is 4.36. The summed E-state index contributed by atoms with van der Waals surface area (Å²) in [5, 5.41) is 0. The van der Waals surface area contributed by atoms with Crippen LogP contribution in [0.15, 0.2) is 34.1 Å². The lowest BCUT2D eigenvalue weighted by atomic mass is 10.2. The number of methoxy groups -OCH3 is 2. The molecule has 6 nitrogen and oxygen atoms in total. The zero-order valence-electron chi connectivity index (χ0n) is 11.8. The van der Waals surface area contributed by atoms with Crippen molar-refractivity contribution in [3.63, 3.8) is 0 Å². The van der Waals surface area contributed by atoms with E-state index in [4.69, 9.17) is 9.47 Å². The lowest BCUT2D eigenvalue weighted by Crippen LogP contribution is -2.41. The van der Waals surface area contributed by atoms with Crippen LogP contribution in [0.2, 0.25) is 0 Å². The Morgan fingerprint density at radius 1 is 1.05 bits per heavy atom. The highest BCUT2D eigenvalue weighted by Crippen LogP contribution is 2.24. The Morgan fingerprint density at radius 3 is 2.36 bits per heavy atom. The molecule has 0 aliphatic carbocycles. The topological polar surface area (TPSA) is 76.7 Å². The van der Waals surface area contributed by atoms with Crippen LogP contribution in [0.1, 0.15) is 20.0 Å². The highest BCUT2D eigenvalue weighted by Gasteiger charge is 2.15. The summed E-state index contributed by atoms with van der Waals surface area (Å²) < 4.78 is 11.0. The van der Waals surface area contributed by atoms with Crippen molar-refractivity contribution < 1.29 is 19.1 Å². The first-order valence-corrected chi connectivity index (χ1v) is 7.74. The van der Waals surface area contributed by atoms with Crippen LogP contribution in [0.5, 0.6) is 11.5 Å². The first-order valence-electron chi connectivity index (χ1n) is 6.13. The molecule has 1 heterocycles. The minimum atomic E-state index is -0.500. The van der Waals surface area contributed by atoms with Gasteiger partial charge in [0.05, 0.1) is 28.4 Å². The van der Waals surface area contributed by atoms with Crippen molar-refractivity contribution in [3.8, 4) is 11.5 Å². The molecule has 0 fully saturated rings. The van der Waals surface area contributed by atoms with Crippen LogP contribution in [0, 0.1) is 0 Å². The summed E-state index contributed by atoms with van der Waals surface area (Å²) in [6, 6.07) is 8.24. The standard InChI is InChI=1S/C14H13BrN2O4S/c1-20-8-3-4-10(21-2)9(7-8)13(18)16-17-14(19)11-5-6-12(15)22-11/h3-7H,1-2H3,(H,16,18)(H,17,19). The molecule has 22 heavy (non-hydrogen) atoms. The zero-order chi connectivity index (χ0) is 16.1. The van der Waals surface area contributed by atoms with Gasteiger partial charge in [0.15, 0.2) is 0 Å². The number of ether oxygens (including phenoxy) is 2. The quantitative estimate of drug-likeness (QED) is 0.794. The molecule has 1 aromatic carbocycles. The molecule has 116 valence electrons. The molecule has 2 N–H and O–H groups in total. The van der Waals surface area contributed by atoms with Crippen LogP contribution in [0.4, 0.5) is 0 Å². The van der Waals surface area contributed by atoms with Gasteiger partial charge in [-0.1, -0.05) is 0 Å². The van der Waals surface area contributed by atoms with Gasteiger partial charge in [-0.3, -0.25) is 20.4 Å². The van der Waals surface area contributed by atoms with E-state index in [2.05, 4.69) is 26.8 Å². The van der Waals surface area contributed by atoms with Crippen LogP contribution in [-0.2, 0) is 0 Å². The van der Waals surface area contributed by atoms with Gasteiger partial charge in [-0.05, 0) is 46.3 Å². The number of nitrogens with one attached hydrogen (secondary N) is 2. The Balaban J connectivity index is 2.07. The monoisotopic (exact) mass is 384 g/mol. The lowest BCUT2D eigenvalue weighted by Gasteiger charge is -2.11. The number of hydrogen-bond acceptors (Lipinski definition) is 5. The van der Waals surface area contributed by atoms with Gasteiger partial charge in [-0.25, -0.2) is 0 Å². The fourth-order valence-electron chi connectivity index (χ4n) is 1.67. The van der Waals surface area contributed by atoms with Gasteiger partial charge < -0.3 is 9.47 Å². The van der Waals surface area contributed by atoms with Crippen LogP contribution in [-0.4, -0.2) is 26.0 Å². The molecule has 0 aliphatic rings. The van der Waals surface area contributed by atoms with Crippen molar-refractivity contribution in [1.82, 2.24) is 10.9 Å². The first-order chi connectivity index (χ1) is 10.5. The van der Waals surface area contributed by atoms with Crippen LogP contribution >= 0.6 is 27.3 Å². The summed E-state index contributed by atoms with van der Waals surface area (Å²) in [6.45, 7) is 0. The second-order valence-electron chi connectivity index (χ2n) is 4.08. The van der Waals surface area contributed by atoms with Crippen molar-refractivity contribution in [1.29, 1.82) is 0 Å². The molecule has 0 saturated heterocycles. The van der Waals surface area contributed by atoms with E-state index in [0.717, 1.165) is 3.79 Å². The third kappa shape index (κ3) is 3.77. The van der Waals surface area contributed by atoms with Crippen molar-refractivity contribution >= 4 is 39.1 Å². The van der Waals surface area contributed by atoms with Gasteiger partial charge in [0.2, 0.25) is 0 Å². The summed E-state index contributed by atoms with van der Waals surface area (Å²) in [6.07, 6.45) is 0. The van der Waals surface area contributed by atoms with Gasteiger partial charge in [0.25, 0.3) is 11.8 Å². The Kier molecular flexibility index (Phi) is 5.40. The van der Waals surface area contributed by atoms with Crippen molar-refractivity contribution in [2.45, 2.75) is 0 Å². The predicted octanol–water partition coefficient (Wildman–Crippen LogP) is 2.60. The molecule has 0 aliphatic heterocycles. The zero-order valence-corrected chi connectivity index (χ0v) is 14.2. The Labute approximate surface area is 139 Å². The molecule has 2 rings (SSSR count). The first kappa shape index (κ1) is 16.3. The minimum Gasteiger partial charge on any atom is -0.497 e. The number of amides is 2. The van der Waals surface area contributed by atoms with E-state index < -0.39 is 11.8 Å². The number of carbonyl (C=O) groups excluding carboxylic acids is 2. The number of benzene rings is 1. The van der Waals surface area contributed by atoms with E-state index in [0.29, 0.717) is 16.4 Å². The van der Waals surface area contributed by atoms with E-state index >= 15 is 0 Å². The fourth-order valence-corrected chi connectivity index (χ4v) is 2.95. The molecule has 0 atom stereocenters. The number of rotatable bonds is 4. The fraction of sp³-hybridized carbons (Fsp3) is 0.143. The summed E-state index contributed by atoms with van der Waals surface area (Å²) in [5.74, 6) is -0.00323. The van der Waals surface area contributed by atoms with Gasteiger partial charge in [0, 0.05) is 0 Å². The molecular weight excluding hydrogens is 372 g/mol. The van der Waals surface area contributed by atoms with Gasteiger partial charge in [-0.2, -0.15) is 0 Å². The van der Waals surface area contributed by atoms with E-state index in [1.807, 2.05) is 0 Å². The van der Waals surface area contributed by atoms with E-state index in [-0.39, 0.29) is 5.56 Å². The van der Waals surface area contributed by atoms with Crippen molar-refractivity contribution in [2.24, 2.45) is 0 Å². The summed E-state index contributed by atoms with van der Waals surface area (Å²) in [5.41, 5.74) is 4.96. The number of hydrogen-bond donors (Lipinski definition) is 2. The van der Waals surface area contributed by atoms with Crippen LogP contribution in [0.3, 0.4) is 0 Å². The average molecular weight is 385 g/mol. The summed E-state index contributed by atoms with van der Waals surface area (Å²) in [7, 11) is 2.96. The molecule has 0 bridgehead atoms. The van der Waals surface area contributed by atoms with Gasteiger partial charge in [-0.15, -0.1) is 11.3 Å². The van der Waals surface area contributed by atoms with Crippen LogP contribution < -0.4 is 20.3 Å². The second kappa shape index (κ2) is 7.28. The Morgan fingerprint density at radius 2 is 1.77 bits per heavy atom. The molecule has 2 amide bonds. The Hall–Kier alpha value is -2.06. The lowest BCUT2D eigenvalue weighted by molar-refractivity contribution is 0.0847.